The summed E-state index contributed by atoms with van der Waals surface area (Å²) < 4.78 is 1.94. The van der Waals surface area contributed by atoms with Crippen LogP contribution in [0.15, 0.2) is 17.6 Å². The Bertz CT molecular complexity index is 461. The molecule has 0 radical (unpaired) electrons. The molecule has 0 saturated carbocycles. The normalized spacial score (nSPS) is 12.9. The van der Waals surface area contributed by atoms with Crippen LogP contribution in [0.5, 0.6) is 0 Å². The zero-order chi connectivity index (χ0) is 12.3. The van der Waals surface area contributed by atoms with Crippen LogP contribution in [0.2, 0.25) is 0 Å². The first-order valence-corrected chi connectivity index (χ1v) is 6.73. The van der Waals surface area contributed by atoms with Gasteiger partial charge in [-0.05, 0) is 19.4 Å². The lowest BCUT2D eigenvalue weighted by atomic mass is 10.3. The summed E-state index contributed by atoms with van der Waals surface area (Å²) in [6.45, 7) is 5.08. The van der Waals surface area contributed by atoms with Gasteiger partial charge in [0.25, 0.3) is 0 Å². The molecule has 0 amide bonds. The third-order valence-electron chi connectivity index (χ3n) is 2.80. The Morgan fingerprint density at radius 1 is 1.53 bits per heavy atom. The van der Waals surface area contributed by atoms with Crippen molar-refractivity contribution < 1.29 is 0 Å². The van der Waals surface area contributed by atoms with Crippen molar-refractivity contribution in [3.8, 4) is 0 Å². The number of hydrogen-bond donors (Lipinski definition) is 1. The molecule has 0 aliphatic rings. The minimum Gasteiger partial charge on any atom is -0.302 e. The molecule has 1 atom stereocenters. The van der Waals surface area contributed by atoms with Crippen molar-refractivity contribution in [1.82, 2.24) is 20.1 Å². The van der Waals surface area contributed by atoms with Gasteiger partial charge in [-0.1, -0.05) is 6.92 Å². The van der Waals surface area contributed by atoms with Gasteiger partial charge >= 0.3 is 0 Å². The summed E-state index contributed by atoms with van der Waals surface area (Å²) in [7, 11) is 1.99. The van der Waals surface area contributed by atoms with Gasteiger partial charge in [0.05, 0.1) is 17.4 Å². The molecule has 17 heavy (non-hydrogen) atoms. The van der Waals surface area contributed by atoms with E-state index < -0.39 is 0 Å². The third kappa shape index (κ3) is 2.92. The number of nitrogens with one attached hydrogen (secondary N) is 1. The quantitative estimate of drug-likeness (QED) is 0.885. The van der Waals surface area contributed by atoms with E-state index in [4.69, 9.17) is 0 Å². The fourth-order valence-corrected chi connectivity index (χ4v) is 2.37. The van der Waals surface area contributed by atoms with Crippen LogP contribution >= 0.6 is 11.3 Å². The summed E-state index contributed by atoms with van der Waals surface area (Å²) >= 11 is 1.68. The van der Waals surface area contributed by atoms with Gasteiger partial charge in [0.15, 0.2) is 0 Å². The van der Waals surface area contributed by atoms with Gasteiger partial charge < -0.3 is 5.32 Å². The van der Waals surface area contributed by atoms with E-state index in [2.05, 4.69) is 35.3 Å². The number of aromatic nitrogens is 3. The first kappa shape index (κ1) is 12.3. The molecular formula is C12H18N4S. The number of aryl methyl sites for hydroxylation is 2. The average molecular weight is 250 g/mol. The number of nitrogens with zero attached hydrogens (tertiary/aromatic N) is 3. The van der Waals surface area contributed by atoms with E-state index in [1.54, 1.807) is 11.3 Å². The summed E-state index contributed by atoms with van der Waals surface area (Å²) in [6.07, 6.45) is 2.83. The Morgan fingerprint density at radius 3 is 2.94 bits per heavy atom. The van der Waals surface area contributed by atoms with E-state index in [0.29, 0.717) is 0 Å². The molecule has 5 heteroatoms. The van der Waals surface area contributed by atoms with E-state index in [9.17, 15) is 0 Å². The predicted molar refractivity (Wildman–Crippen MR) is 70.0 cm³/mol. The molecule has 0 aromatic carbocycles. The fraction of sp³-hybridized carbons (Fsp3) is 0.500. The molecule has 0 saturated heterocycles. The van der Waals surface area contributed by atoms with E-state index in [-0.39, 0.29) is 6.04 Å². The van der Waals surface area contributed by atoms with Gasteiger partial charge in [0.2, 0.25) is 0 Å². The van der Waals surface area contributed by atoms with Crippen molar-refractivity contribution in [3.63, 3.8) is 0 Å². The maximum Gasteiger partial charge on any atom is 0.109 e. The maximum atomic E-state index is 4.43. The minimum atomic E-state index is 0.287. The van der Waals surface area contributed by atoms with E-state index in [0.717, 1.165) is 23.7 Å². The molecule has 0 fully saturated rings. The molecule has 2 aromatic rings. The third-order valence-corrected chi connectivity index (χ3v) is 3.76. The van der Waals surface area contributed by atoms with Crippen LogP contribution in [-0.4, -0.2) is 14.8 Å². The summed E-state index contributed by atoms with van der Waals surface area (Å²) in [4.78, 5) is 4.31. The van der Waals surface area contributed by atoms with Crippen LogP contribution in [0.25, 0.3) is 0 Å². The lowest BCUT2D eigenvalue weighted by molar-refractivity contribution is 0.545. The molecule has 0 spiro atoms. The minimum absolute atomic E-state index is 0.287. The second-order valence-electron chi connectivity index (χ2n) is 4.08. The molecular weight excluding hydrogens is 232 g/mol. The topological polar surface area (TPSA) is 42.7 Å². The molecule has 1 unspecified atom stereocenters. The first-order valence-electron chi connectivity index (χ1n) is 5.85. The summed E-state index contributed by atoms with van der Waals surface area (Å²) in [6, 6.07) is 2.44. The Morgan fingerprint density at radius 2 is 2.35 bits per heavy atom. The van der Waals surface area contributed by atoms with Gasteiger partial charge in [-0.2, -0.15) is 5.10 Å². The van der Waals surface area contributed by atoms with Crippen LogP contribution in [0.3, 0.4) is 0 Å². The van der Waals surface area contributed by atoms with Crippen molar-refractivity contribution in [2.75, 3.05) is 0 Å². The molecule has 2 aromatic heterocycles. The number of rotatable bonds is 5. The van der Waals surface area contributed by atoms with Crippen molar-refractivity contribution in [3.05, 3.63) is 34.0 Å². The van der Waals surface area contributed by atoms with Crippen LogP contribution in [0.4, 0.5) is 0 Å². The van der Waals surface area contributed by atoms with Crippen LogP contribution < -0.4 is 5.32 Å². The van der Waals surface area contributed by atoms with E-state index in [1.165, 1.54) is 5.69 Å². The van der Waals surface area contributed by atoms with Crippen molar-refractivity contribution in [2.45, 2.75) is 32.9 Å². The standard InChI is InChI=1S/C12H18N4S/c1-4-10-7-11(16(3)15-10)8-14-9(2)12-13-5-6-17-12/h5-7,9,14H,4,8H2,1-3H3. The highest BCUT2D eigenvalue weighted by Crippen LogP contribution is 2.15. The SMILES string of the molecule is CCc1cc(CNC(C)c2nccs2)n(C)n1. The van der Waals surface area contributed by atoms with Gasteiger partial charge in [-0.3, -0.25) is 4.68 Å². The molecule has 2 heterocycles. The lowest BCUT2D eigenvalue weighted by Crippen LogP contribution is -2.19. The smallest absolute Gasteiger partial charge is 0.109 e. The average Bonchev–Trinajstić information content (AvgIpc) is 2.95. The predicted octanol–water partition coefficient (Wildman–Crippen LogP) is 2.29. The Hall–Kier alpha value is -1.20. The van der Waals surface area contributed by atoms with E-state index in [1.807, 2.05) is 23.3 Å². The van der Waals surface area contributed by atoms with Gasteiger partial charge in [-0.15, -0.1) is 11.3 Å². The first-order chi connectivity index (χ1) is 8.20. The van der Waals surface area contributed by atoms with E-state index >= 15 is 0 Å². The van der Waals surface area contributed by atoms with Crippen molar-refractivity contribution >= 4 is 11.3 Å². The molecule has 0 aliphatic carbocycles. The lowest BCUT2D eigenvalue weighted by Gasteiger charge is -2.10. The van der Waals surface area contributed by atoms with Crippen LogP contribution in [-0.2, 0) is 20.0 Å². The van der Waals surface area contributed by atoms with Gasteiger partial charge in [0.1, 0.15) is 5.01 Å². The van der Waals surface area contributed by atoms with Crippen LogP contribution in [0, 0.1) is 0 Å². The Labute approximate surface area is 106 Å². The Balaban J connectivity index is 1.95. The summed E-state index contributed by atoms with van der Waals surface area (Å²) in [5.41, 5.74) is 2.36. The highest BCUT2D eigenvalue weighted by molar-refractivity contribution is 7.09. The van der Waals surface area contributed by atoms with Crippen molar-refractivity contribution in [2.24, 2.45) is 7.05 Å². The number of hydrogen-bond acceptors (Lipinski definition) is 4. The largest absolute Gasteiger partial charge is 0.302 e. The number of thiazole rings is 1. The van der Waals surface area contributed by atoms with Crippen molar-refractivity contribution in [1.29, 1.82) is 0 Å². The van der Waals surface area contributed by atoms with Gasteiger partial charge in [-0.25, -0.2) is 4.98 Å². The monoisotopic (exact) mass is 250 g/mol. The Kier molecular flexibility index (Phi) is 3.91. The second-order valence-corrected chi connectivity index (χ2v) is 5.00. The second kappa shape index (κ2) is 5.42. The maximum absolute atomic E-state index is 4.43. The van der Waals surface area contributed by atoms with Gasteiger partial charge in [0, 0.05) is 25.2 Å². The van der Waals surface area contributed by atoms with Crippen LogP contribution in [0.1, 0.15) is 36.3 Å². The molecule has 0 aliphatic heterocycles. The zero-order valence-corrected chi connectivity index (χ0v) is 11.3. The molecule has 0 bridgehead atoms. The summed E-state index contributed by atoms with van der Waals surface area (Å²) in [5, 5.41) is 11.0. The molecule has 2 rings (SSSR count). The highest BCUT2D eigenvalue weighted by atomic mass is 32.1. The molecule has 1 N–H and O–H groups in total. The summed E-state index contributed by atoms with van der Waals surface area (Å²) in [5.74, 6) is 0. The molecule has 4 nitrogen and oxygen atoms in total. The fourth-order valence-electron chi connectivity index (χ4n) is 1.70. The zero-order valence-electron chi connectivity index (χ0n) is 10.5. The molecule has 92 valence electrons. The highest BCUT2D eigenvalue weighted by Gasteiger charge is 2.09.